The van der Waals surface area contributed by atoms with E-state index in [1.807, 2.05) is 0 Å². The third-order valence-corrected chi connectivity index (χ3v) is 15.6. The number of benzene rings is 11. The molecule has 0 saturated heterocycles. The van der Waals surface area contributed by atoms with Crippen LogP contribution in [-0.4, -0.2) is 0 Å². The molecule has 0 N–H and O–H groups in total. The van der Waals surface area contributed by atoms with Crippen LogP contribution in [-0.2, 0) is 10.8 Å². The second-order valence-corrected chi connectivity index (χ2v) is 18.9. The number of hydrogen-bond acceptors (Lipinski definition) is 2. The van der Waals surface area contributed by atoms with E-state index in [0.29, 0.717) is 0 Å². The smallest absolute Gasteiger partial charge is 0.140 e. The molecule has 2 aliphatic carbocycles. The van der Waals surface area contributed by atoms with Crippen LogP contribution in [0.25, 0.3) is 88.4 Å². The Hall–Kier alpha value is -8.98. The monoisotopic (exact) mass is 890 g/mol. The molecule has 15 rings (SSSR count). The first-order valence-corrected chi connectivity index (χ1v) is 24.2. The molecule has 0 bridgehead atoms. The number of rotatable bonds is 6. The van der Waals surface area contributed by atoms with Crippen LogP contribution in [0.15, 0.2) is 264 Å². The van der Waals surface area contributed by atoms with Crippen LogP contribution in [0.5, 0.6) is 0 Å². The largest absolute Gasteiger partial charge is 0.456 e. The van der Waals surface area contributed by atoms with Crippen molar-refractivity contribution < 1.29 is 8.83 Å². The van der Waals surface area contributed by atoms with Crippen molar-refractivity contribution in [3.8, 4) is 44.9 Å². The molecule has 0 aliphatic heterocycles. The van der Waals surface area contributed by atoms with Crippen molar-refractivity contribution in [3.05, 3.63) is 299 Å². The molecule has 326 valence electrons. The van der Waals surface area contributed by atoms with E-state index in [1.165, 1.54) is 88.3 Å². The summed E-state index contributed by atoms with van der Waals surface area (Å²) < 4.78 is 13.8. The van der Waals surface area contributed by atoms with Crippen molar-refractivity contribution in [1.82, 2.24) is 0 Å². The van der Waals surface area contributed by atoms with Gasteiger partial charge in [-0.3, -0.25) is 0 Å². The van der Waals surface area contributed by atoms with Gasteiger partial charge in [0.25, 0.3) is 0 Å². The second kappa shape index (κ2) is 14.8. The molecule has 70 heavy (non-hydrogen) atoms. The van der Waals surface area contributed by atoms with Gasteiger partial charge in [0.1, 0.15) is 22.7 Å². The number of furan rings is 2. The summed E-state index contributed by atoms with van der Waals surface area (Å²) in [6.45, 7) is 0. The van der Waals surface area contributed by atoms with Crippen molar-refractivity contribution in [3.63, 3.8) is 0 Å². The maximum atomic E-state index is 6.92. The molecule has 13 aromatic rings. The van der Waals surface area contributed by atoms with Gasteiger partial charge in [0.15, 0.2) is 0 Å². The molecule has 11 aromatic carbocycles. The maximum Gasteiger partial charge on any atom is 0.140 e. The number of fused-ring (bicyclic) bond motifs is 12. The van der Waals surface area contributed by atoms with Crippen LogP contribution in [0.4, 0.5) is 0 Å². The Morgan fingerprint density at radius 1 is 0.257 bits per heavy atom. The highest BCUT2D eigenvalue weighted by atomic mass is 16.3. The SMILES string of the molecule is c1ccc(C2(c3ccccc3)c3cc(-c4c5ccccc5c(-c5ccc6c(c5)C(c5ccccc5)(c5ccccc5)c5c-6oc6ccccc56)c5ccccc45)ccc3-c3oc4ccccc4c32)cc1. The van der Waals surface area contributed by atoms with Crippen molar-refractivity contribution in [1.29, 1.82) is 0 Å². The second-order valence-electron chi connectivity index (χ2n) is 18.9. The van der Waals surface area contributed by atoms with Gasteiger partial charge in [0.2, 0.25) is 0 Å². The van der Waals surface area contributed by atoms with E-state index in [1.54, 1.807) is 0 Å². The summed E-state index contributed by atoms with van der Waals surface area (Å²) in [5, 5.41) is 7.10. The Labute approximate surface area is 405 Å². The summed E-state index contributed by atoms with van der Waals surface area (Å²) in [6.07, 6.45) is 0. The molecule has 2 nitrogen and oxygen atoms in total. The van der Waals surface area contributed by atoms with E-state index >= 15 is 0 Å². The molecule has 0 atom stereocenters. The molecule has 2 heteroatoms. The van der Waals surface area contributed by atoms with Crippen LogP contribution in [0.3, 0.4) is 0 Å². The van der Waals surface area contributed by atoms with Crippen molar-refractivity contribution in [2.75, 3.05) is 0 Å². The van der Waals surface area contributed by atoms with Gasteiger partial charge < -0.3 is 8.83 Å². The van der Waals surface area contributed by atoms with Crippen LogP contribution in [0, 0.1) is 0 Å². The predicted molar refractivity (Wildman–Crippen MR) is 286 cm³/mol. The first kappa shape index (κ1) is 39.1. The minimum Gasteiger partial charge on any atom is -0.456 e. The summed E-state index contributed by atoms with van der Waals surface area (Å²) in [4.78, 5) is 0. The zero-order valence-corrected chi connectivity index (χ0v) is 38.1. The van der Waals surface area contributed by atoms with Crippen LogP contribution < -0.4 is 0 Å². The lowest BCUT2D eigenvalue weighted by Crippen LogP contribution is -2.28. The average molecular weight is 891 g/mol. The predicted octanol–water partition coefficient (Wildman–Crippen LogP) is 17.5. The molecule has 2 heterocycles. The molecule has 2 aromatic heterocycles. The van der Waals surface area contributed by atoms with Crippen LogP contribution in [0.1, 0.15) is 44.5 Å². The highest BCUT2D eigenvalue weighted by Gasteiger charge is 2.51. The van der Waals surface area contributed by atoms with E-state index < -0.39 is 10.8 Å². The molecule has 0 amide bonds. The summed E-state index contributed by atoms with van der Waals surface area (Å²) in [7, 11) is 0. The molecule has 0 fully saturated rings. The van der Waals surface area contributed by atoms with E-state index in [4.69, 9.17) is 8.83 Å². The zero-order valence-electron chi connectivity index (χ0n) is 38.1. The van der Waals surface area contributed by atoms with Crippen LogP contribution >= 0.6 is 0 Å². The summed E-state index contributed by atoms with van der Waals surface area (Å²) >= 11 is 0. The van der Waals surface area contributed by atoms with Gasteiger partial charge in [-0.25, -0.2) is 0 Å². The Kier molecular flexibility index (Phi) is 8.24. The summed E-state index contributed by atoms with van der Waals surface area (Å²) in [5.74, 6) is 1.88. The van der Waals surface area contributed by atoms with E-state index in [2.05, 4.69) is 255 Å². The number of hydrogen-bond donors (Lipinski definition) is 0. The lowest BCUT2D eigenvalue weighted by molar-refractivity contribution is 0.628. The standard InChI is InChI=1S/C68H42O2/c1-5-21-45(22-6-1)67(46-23-7-2-8-24-46)57-41-43(37-39-53(57)65-63(67)55-33-17-19-35-59(55)69-65)61-49-29-13-15-31-51(49)62(52-32-16-14-30-50(52)61)44-38-40-54-58(42-44)68(47-25-9-3-10-26-47,48-27-11-4-12-28-48)64-56-34-18-20-36-60(56)70-66(54)64/h1-42H. The minimum absolute atomic E-state index is 0.631. The first-order valence-electron chi connectivity index (χ1n) is 24.2. The third-order valence-electron chi connectivity index (χ3n) is 15.6. The Morgan fingerprint density at radius 2 is 0.543 bits per heavy atom. The quantitative estimate of drug-likeness (QED) is 0.156. The maximum absolute atomic E-state index is 6.92. The fraction of sp³-hybridized carbons (Fsp3) is 0.0294. The molecular weight excluding hydrogens is 849 g/mol. The van der Waals surface area contributed by atoms with Gasteiger partial charge in [-0.2, -0.15) is 0 Å². The van der Waals surface area contributed by atoms with Crippen LogP contribution in [0.2, 0.25) is 0 Å². The summed E-state index contributed by atoms with van der Waals surface area (Å²) in [5.41, 5.74) is 17.3. The highest BCUT2D eigenvalue weighted by molar-refractivity contribution is 6.22. The third kappa shape index (κ3) is 5.12. The highest BCUT2D eigenvalue weighted by Crippen LogP contribution is 2.62. The Balaban J connectivity index is 1.00. The van der Waals surface area contributed by atoms with Gasteiger partial charge >= 0.3 is 0 Å². The topological polar surface area (TPSA) is 26.3 Å². The van der Waals surface area contributed by atoms with Crippen molar-refractivity contribution in [2.45, 2.75) is 10.8 Å². The fourth-order valence-corrected chi connectivity index (χ4v) is 12.9. The molecule has 0 saturated carbocycles. The molecule has 0 radical (unpaired) electrons. The Bertz CT molecular complexity index is 3810. The van der Waals surface area contributed by atoms with Gasteiger partial charge in [0.05, 0.1) is 10.8 Å². The molecule has 0 spiro atoms. The minimum atomic E-state index is -0.631. The molecule has 2 aliphatic rings. The van der Waals surface area contributed by atoms with E-state index in [9.17, 15) is 0 Å². The number of para-hydroxylation sites is 2. The fourth-order valence-electron chi connectivity index (χ4n) is 12.9. The lowest BCUT2D eigenvalue weighted by Gasteiger charge is -2.33. The van der Waals surface area contributed by atoms with Gasteiger partial charge in [-0.15, -0.1) is 0 Å². The first-order chi connectivity index (χ1) is 34.7. The summed E-state index contributed by atoms with van der Waals surface area (Å²) in [6, 6.07) is 93.4. The van der Waals surface area contributed by atoms with E-state index in [-0.39, 0.29) is 0 Å². The zero-order chi connectivity index (χ0) is 46.0. The van der Waals surface area contributed by atoms with Crippen molar-refractivity contribution >= 4 is 43.5 Å². The lowest BCUT2D eigenvalue weighted by atomic mass is 9.67. The average Bonchev–Trinajstić information content (AvgIpc) is 4.17. The normalized spacial score (nSPS) is 13.9. The van der Waals surface area contributed by atoms with Gasteiger partial charge in [0, 0.05) is 33.0 Å². The van der Waals surface area contributed by atoms with Crippen molar-refractivity contribution in [2.24, 2.45) is 0 Å². The van der Waals surface area contributed by atoms with E-state index in [0.717, 1.165) is 44.6 Å². The molecule has 0 unspecified atom stereocenters. The van der Waals surface area contributed by atoms with Gasteiger partial charge in [-0.1, -0.05) is 231 Å². The Morgan fingerprint density at radius 3 is 0.871 bits per heavy atom. The molecular formula is C68H42O2. The van der Waals surface area contributed by atoms with Gasteiger partial charge in [-0.05, 0) is 101 Å².